The molecule has 0 bridgehead atoms. The van der Waals surface area contributed by atoms with Gasteiger partial charge in [-0.1, -0.05) is 23.4 Å². The van der Waals surface area contributed by atoms with Crippen molar-refractivity contribution in [2.24, 2.45) is 10.9 Å². The van der Waals surface area contributed by atoms with Gasteiger partial charge >= 0.3 is 0 Å². The van der Waals surface area contributed by atoms with Gasteiger partial charge in [-0.2, -0.15) is 4.99 Å². The van der Waals surface area contributed by atoms with Gasteiger partial charge in [-0.25, -0.2) is 8.42 Å². The van der Waals surface area contributed by atoms with E-state index in [1.807, 2.05) is 0 Å². The highest BCUT2D eigenvalue weighted by molar-refractivity contribution is 8.16. The van der Waals surface area contributed by atoms with E-state index in [0.29, 0.717) is 27.4 Å². The molecule has 1 saturated carbocycles. The number of sulfone groups is 1. The van der Waals surface area contributed by atoms with E-state index in [0.717, 1.165) is 12.8 Å². The lowest BCUT2D eigenvalue weighted by Crippen LogP contribution is -2.38. The van der Waals surface area contributed by atoms with Gasteiger partial charge in [-0.15, -0.1) is 0 Å². The lowest BCUT2D eigenvalue weighted by molar-refractivity contribution is -0.118. The topological polar surface area (TPSA) is 85.3 Å². The predicted octanol–water partition coefficient (Wildman–Crippen LogP) is 2.37. The monoisotopic (exact) mass is 430 g/mol. The Morgan fingerprint density at radius 3 is 2.56 bits per heavy atom. The van der Waals surface area contributed by atoms with E-state index >= 15 is 0 Å². The third kappa shape index (κ3) is 3.52. The minimum atomic E-state index is -3.15. The maximum absolute atomic E-state index is 12.3. The number of thioether (sulfide) groups is 1. The van der Waals surface area contributed by atoms with Crippen molar-refractivity contribution in [1.29, 1.82) is 0 Å². The molecule has 1 aromatic carbocycles. The summed E-state index contributed by atoms with van der Waals surface area (Å²) in [5.74, 6) is 0.852. The molecular weight excluding hydrogens is 412 g/mol. The van der Waals surface area contributed by atoms with Crippen molar-refractivity contribution in [1.82, 2.24) is 0 Å². The summed E-state index contributed by atoms with van der Waals surface area (Å²) < 4.78 is 35.1. The second kappa shape index (κ2) is 6.86. The molecule has 1 amide bonds. The summed E-state index contributed by atoms with van der Waals surface area (Å²) in [4.78, 5) is 18.4. The normalized spacial score (nSPS) is 27.7. The molecule has 10 heteroatoms. The Kier molecular flexibility index (Phi) is 4.80. The van der Waals surface area contributed by atoms with Gasteiger partial charge in [-0.05, 0) is 18.9 Å². The van der Waals surface area contributed by atoms with Gasteiger partial charge in [0.25, 0.3) is 5.91 Å². The first-order chi connectivity index (χ1) is 12.8. The molecule has 0 unspecified atom stereocenters. The fourth-order valence-corrected chi connectivity index (χ4v) is 7.54. The van der Waals surface area contributed by atoms with Gasteiger partial charge < -0.3 is 14.4 Å². The van der Waals surface area contributed by atoms with Crippen LogP contribution >= 0.6 is 23.4 Å². The molecule has 27 heavy (non-hydrogen) atoms. The lowest BCUT2D eigenvalue weighted by Gasteiger charge is -2.26. The molecule has 3 aliphatic rings. The number of benzene rings is 1. The fraction of sp³-hybridized carbons (Fsp3) is 0.529. The highest BCUT2D eigenvalue weighted by atomic mass is 35.5. The summed E-state index contributed by atoms with van der Waals surface area (Å²) in [5, 5.41) is 0.707. The van der Waals surface area contributed by atoms with Crippen molar-refractivity contribution >= 4 is 50.0 Å². The zero-order valence-electron chi connectivity index (χ0n) is 14.8. The Bertz CT molecular complexity index is 929. The summed E-state index contributed by atoms with van der Waals surface area (Å²) in [6.45, 7) is 0. The molecule has 2 saturated heterocycles. The Morgan fingerprint density at radius 1 is 1.22 bits per heavy atom. The van der Waals surface area contributed by atoms with Crippen LogP contribution in [-0.4, -0.2) is 56.5 Å². The Morgan fingerprint density at radius 2 is 1.93 bits per heavy atom. The van der Waals surface area contributed by atoms with Crippen molar-refractivity contribution in [3.05, 3.63) is 17.2 Å². The quantitative estimate of drug-likeness (QED) is 0.724. The van der Waals surface area contributed by atoms with Crippen LogP contribution in [0.1, 0.15) is 12.8 Å². The summed E-state index contributed by atoms with van der Waals surface area (Å²) in [6, 6.07) is 3.01. The Labute approximate surface area is 167 Å². The average molecular weight is 431 g/mol. The van der Waals surface area contributed by atoms with Crippen molar-refractivity contribution in [3.8, 4) is 11.5 Å². The van der Waals surface area contributed by atoms with Crippen LogP contribution in [0.4, 0.5) is 5.69 Å². The second-order valence-electron chi connectivity index (χ2n) is 6.84. The van der Waals surface area contributed by atoms with Gasteiger partial charge in [0, 0.05) is 17.2 Å². The van der Waals surface area contributed by atoms with Crippen molar-refractivity contribution in [2.45, 2.75) is 24.1 Å². The van der Waals surface area contributed by atoms with E-state index in [1.165, 1.54) is 26.0 Å². The number of aliphatic imine (C=N–C) groups is 1. The number of anilines is 1. The molecule has 1 aliphatic carbocycles. The zero-order valence-corrected chi connectivity index (χ0v) is 17.2. The van der Waals surface area contributed by atoms with Crippen molar-refractivity contribution in [3.63, 3.8) is 0 Å². The summed E-state index contributed by atoms with van der Waals surface area (Å²) >= 11 is 7.65. The molecule has 2 atom stereocenters. The number of amidine groups is 1. The molecule has 1 aromatic rings. The van der Waals surface area contributed by atoms with E-state index in [-0.39, 0.29) is 34.6 Å². The first-order valence-electron chi connectivity index (χ1n) is 8.53. The van der Waals surface area contributed by atoms with Gasteiger partial charge in [0.1, 0.15) is 11.5 Å². The number of amides is 1. The molecule has 2 aliphatic heterocycles. The van der Waals surface area contributed by atoms with Gasteiger partial charge in [0.15, 0.2) is 15.0 Å². The number of methoxy groups -OCH3 is 2. The predicted molar refractivity (Wildman–Crippen MR) is 106 cm³/mol. The molecule has 3 fully saturated rings. The average Bonchev–Trinajstić information content (AvgIpc) is 3.35. The van der Waals surface area contributed by atoms with Crippen LogP contribution in [0.2, 0.25) is 5.02 Å². The summed E-state index contributed by atoms with van der Waals surface area (Å²) in [7, 11) is -0.121. The first kappa shape index (κ1) is 18.9. The van der Waals surface area contributed by atoms with Crippen molar-refractivity contribution < 1.29 is 22.7 Å². The summed E-state index contributed by atoms with van der Waals surface area (Å²) in [6.07, 6.45) is 1.72. The highest BCUT2D eigenvalue weighted by Crippen LogP contribution is 2.46. The lowest BCUT2D eigenvalue weighted by atomic mass is 10.2. The molecule has 4 rings (SSSR count). The van der Waals surface area contributed by atoms with Gasteiger partial charge in [-0.3, -0.25) is 4.79 Å². The minimum absolute atomic E-state index is 0.00804. The van der Waals surface area contributed by atoms with Crippen LogP contribution in [0, 0.1) is 5.92 Å². The highest BCUT2D eigenvalue weighted by Gasteiger charge is 2.50. The number of fused-ring (bicyclic) bond motifs is 1. The largest absolute Gasteiger partial charge is 0.495 e. The van der Waals surface area contributed by atoms with E-state index in [4.69, 9.17) is 21.1 Å². The molecule has 7 nitrogen and oxygen atoms in total. The molecule has 0 aromatic heterocycles. The maximum atomic E-state index is 12.3. The van der Waals surface area contributed by atoms with E-state index in [1.54, 1.807) is 17.0 Å². The smallest absolute Gasteiger partial charge is 0.251 e. The number of hydrogen-bond acceptors (Lipinski definition) is 6. The first-order valence-corrected chi connectivity index (χ1v) is 11.6. The summed E-state index contributed by atoms with van der Waals surface area (Å²) in [5.41, 5.74) is 0.586. The van der Waals surface area contributed by atoms with E-state index in [9.17, 15) is 13.2 Å². The van der Waals surface area contributed by atoms with Crippen LogP contribution in [-0.2, 0) is 14.6 Å². The van der Waals surface area contributed by atoms with Crippen LogP contribution in [0.15, 0.2) is 17.1 Å². The SMILES string of the molecule is COc1cc(OC)c(N2C(=NC(=O)C3CC3)S[C@H]3CS(=O)(=O)C[C@H]32)cc1Cl. The molecule has 0 N–H and O–H groups in total. The molecule has 0 radical (unpaired) electrons. The van der Waals surface area contributed by atoms with Gasteiger partial charge in [0.2, 0.25) is 0 Å². The number of carbonyl (C=O) groups is 1. The molecular formula is C17H19ClN2O5S2. The van der Waals surface area contributed by atoms with E-state index < -0.39 is 9.84 Å². The van der Waals surface area contributed by atoms with Gasteiger partial charge in [0.05, 0.1) is 42.5 Å². The fourth-order valence-electron chi connectivity index (χ4n) is 3.39. The third-order valence-corrected chi connectivity index (χ3v) is 8.42. The number of halogens is 1. The van der Waals surface area contributed by atoms with Crippen LogP contribution in [0.3, 0.4) is 0 Å². The number of ether oxygens (including phenoxy) is 2. The number of nitrogens with zero attached hydrogens (tertiary/aromatic N) is 2. The Hall–Kier alpha value is -1.45. The standard InChI is InChI=1S/C17H19ClN2O5S2/c1-24-13-6-14(25-2)11(5-10(13)18)20-12-7-27(22,23)8-15(12)26-17(20)19-16(21)9-3-4-9/h5-6,9,12,15H,3-4,7-8H2,1-2H3/t12-,15+/m1/s1. The minimum Gasteiger partial charge on any atom is -0.495 e. The van der Waals surface area contributed by atoms with Crippen LogP contribution in [0.5, 0.6) is 11.5 Å². The molecule has 0 spiro atoms. The Balaban J connectivity index is 1.80. The zero-order chi connectivity index (χ0) is 19.3. The number of hydrogen-bond donors (Lipinski definition) is 0. The van der Waals surface area contributed by atoms with E-state index in [2.05, 4.69) is 4.99 Å². The number of carbonyl (C=O) groups excluding carboxylic acids is 1. The maximum Gasteiger partial charge on any atom is 0.251 e. The van der Waals surface area contributed by atoms with Crippen LogP contribution in [0.25, 0.3) is 0 Å². The third-order valence-electron chi connectivity index (χ3n) is 4.91. The number of rotatable bonds is 4. The van der Waals surface area contributed by atoms with Crippen molar-refractivity contribution in [2.75, 3.05) is 30.6 Å². The van der Waals surface area contributed by atoms with Crippen LogP contribution < -0.4 is 14.4 Å². The molecule has 146 valence electrons. The molecule has 2 heterocycles. The second-order valence-corrected chi connectivity index (χ2v) is 10.6.